The lowest BCUT2D eigenvalue weighted by molar-refractivity contribution is 0.0281. The third kappa shape index (κ3) is 8.72. The highest BCUT2D eigenvalue weighted by atomic mass is 16.5. The van der Waals surface area contributed by atoms with Crippen LogP contribution in [0.15, 0.2) is 4.99 Å². The van der Waals surface area contributed by atoms with Crippen molar-refractivity contribution in [1.29, 1.82) is 0 Å². The van der Waals surface area contributed by atoms with Crippen molar-refractivity contribution in [3.8, 4) is 0 Å². The first-order valence-corrected chi connectivity index (χ1v) is 11.2. The minimum atomic E-state index is 0.512. The van der Waals surface area contributed by atoms with Gasteiger partial charge in [0, 0.05) is 26.2 Å². The van der Waals surface area contributed by atoms with Gasteiger partial charge >= 0.3 is 0 Å². The quantitative estimate of drug-likeness (QED) is 0.353. The molecule has 0 spiro atoms. The molecule has 0 amide bonds. The molecule has 1 saturated heterocycles. The van der Waals surface area contributed by atoms with Crippen LogP contribution in [-0.2, 0) is 4.74 Å². The van der Waals surface area contributed by atoms with E-state index in [-0.39, 0.29) is 0 Å². The predicted molar refractivity (Wildman–Crippen MR) is 111 cm³/mol. The summed E-state index contributed by atoms with van der Waals surface area (Å²) >= 11 is 0. The van der Waals surface area contributed by atoms with Gasteiger partial charge in [0.05, 0.1) is 6.10 Å². The third-order valence-corrected chi connectivity index (χ3v) is 5.82. The van der Waals surface area contributed by atoms with E-state index in [9.17, 15) is 0 Å². The summed E-state index contributed by atoms with van der Waals surface area (Å²) in [6.07, 6.45) is 12.1. The van der Waals surface area contributed by atoms with Gasteiger partial charge in [-0.1, -0.05) is 26.2 Å². The molecule has 2 fully saturated rings. The largest absolute Gasteiger partial charge is 0.378 e. The third-order valence-electron chi connectivity index (χ3n) is 5.82. The summed E-state index contributed by atoms with van der Waals surface area (Å²) in [7, 11) is 0. The molecule has 1 saturated carbocycles. The summed E-state index contributed by atoms with van der Waals surface area (Å²) in [5, 5.41) is 6.88. The van der Waals surface area contributed by atoms with Crippen LogP contribution in [0.4, 0.5) is 0 Å². The van der Waals surface area contributed by atoms with Crippen LogP contribution in [-0.4, -0.2) is 62.8 Å². The molecule has 0 aromatic heterocycles. The summed E-state index contributed by atoms with van der Waals surface area (Å²) in [6.45, 7) is 11.8. The molecule has 0 radical (unpaired) electrons. The predicted octanol–water partition coefficient (Wildman–Crippen LogP) is 3.40. The molecule has 1 heterocycles. The number of nitrogens with one attached hydrogen (secondary N) is 2. The van der Waals surface area contributed by atoms with Crippen molar-refractivity contribution in [3.63, 3.8) is 0 Å². The van der Waals surface area contributed by atoms with Gasteiger partial charge in [0.25, 0.3) is 0 Å². The van der Waals surface area contributed by atoms with Crippen LogP contribution in [0.25, 0.3) is 0 Å². The van der Waals surface area contributed by atoms with E-state index < -0.39 is 0 Å². The molecule has 26 heavy (non-hydrogen) atoms. The fourth-order valence-corrected chi connectivity index (χ4v) is 4.06. The Kier molecular flexibility index (Phi) is 11.1. The summed E-state index contributed by atoms with van der Waals surface area (Å²) < 4.78 is 5.99. The molecule has 1 aliphatic carbocycles. The number of hydrogen-bond acceptors (Lipinski definition) is 3. The Morgan fingerprint density at radius 1 is 1.04 bits per heavy atom. The molecule has 0 unspecified atom stereocenters. The van der Waals surface area contributed by atoms with E-state index in [0.29, 0.717) is 6.10 Å². The standard InChI is InChI=1S/C21H42N4O/c1-3-22-21(23-14-8-18-26-20-9-6-5-7-10-20)24-15-11-19-12-16-25(4-2)17-13-19/h19-20H,3-18H2,1-2H3,(H2,22,23,24). The van der Waals surface area contributed by atoms with Gasteiger partial charge in [0.1, 0.15) is 0 Å². The Morgan fingerprint density at radius 2 is 1.81 bits per heavy atom. The molecular formula is C21H42N4O. The summed E-state index contributed by atoms with van der Waals surface area (Å²) in [6, 6.07) is 0. The van der Waals surface area contributed by atoms with Crippen molar-refractivity contribution < 1.29 is 4.74 Å². The average molecular weight is 367 g/mol. The zero-order chi connectivity index (χ0) is 18.5. The lowest BCUT2D eigenvalue weighted by Gasteiger charge is -2.31. The Hall–Kier alpha value is -0.810. The fourth-order valence-electron chi connectivity index (χ4n) is 4.06. The van der Waals surface area contributed by atoms with Crippen molar-refractivity contribution >= 4 is 5.96 Å². The van der Waals surface area contributed by atoms with Crippen LogP contribution < -0.4 is 10.6 Å². The smallest absolute Gasteiger partial charge is 0.191 e. The summed E-state index contributed by atoms with van der Waals surface area (Å²) in [4.78, 5) is 7.27. The zero-order valence-corrected chi connectivity index (χ0v) is 17.3. The van der Waals surface area contributed by atoms with E-state index in [1.165, 1.54) is 71.0 Å². The number of aliphatic imine (C=N–C) groups is 1. The monoisotopic (exact) mass is 366 g/mol. The first-order chi connectivity index (χ1) is 12.8. The van der Waals surface area contributed by atoms with E-state index in [0.717, 1.165) is 44.5 Å². The number of likely N-dealkylation sites (tertiary alicyclic amines) is 1. The highest BCUT2D eigenvalue weighted by molar-refractivity contribution is 5.79. The zero-order valence-electron chi connectivity index (χ0n) is 17.3. The number of nitrogens with zero attached hydrogens (tertiary/aromatic N) is 2. The molecule has 5 nitrogen and oxygen atoms in total. The number of guanidine groups is 1. The molecule has 1 aliphatic heterocycles. The minimum Gasteiger partial charge on any atom is -0.378 e. The molecule has 0 atom stereocenters. The second-order valence-corrected chi connectivity index (χ2v) is 7.84. The van der Waals surface area contributed by atoms with E-state index >= 15 is 0 Å². The molecule has 5 heteroatoms. The fraction of sp³-hybridized carbons (Fsp3) is 0.952. The minimum absolute atomic E-state index is 0.512. The second-order valence-electron chi connectivity index (χ2n) is 7.84. The van der Waals surface area contributed by atoms with Crippen molar-refractivity contribution in [2.24, 2.45) is 10.9 Å². The highest BCUT2D eigenvalue weighted by Crippen LogP contribution is 2.20. The molecule has 0 aromatic rings. The van der Waals surface area contributed by atoms with Gasteiger partial charge in [-0.2, -0.15) is 0 Å². The van der Waals surface area contributed by atoms with Crippen molar-refractivity contribution in [3.05, 3.63) is 0 Å². The Balaban J connectivity index is 1.55. The molecule has 0 bridgehead atoms. The maximum absolute atomic E-state index is 5.99. The number of piperidine rings is 1. The SMILES string of the molecule is CCNC(=NCCCOC1CCCCC1)NCCC1CCN(CC)CC1. The van der Waals surface area contributed by atoms with Crippen LogP contribution in [0.3, 0.4) is 0 Å². The lowest BCUT2D eigenvalue weighted by Crippen LogP contribution is -2.39. The van der Waals surface area contributed by atoms with E-state index in [1.54, 1.807) is 0 Å². The van der Waals surface area contributed by atoms with Gasteiger partial charge in [0.2, 0.25) is 0 Å². The molecule has 2 rings (SSSR count). The average Bonchev–Trinajstić information content (AvgIpc) is 2.69. The van der Waals surface area contributed by atoms with Crippen LogP contribution in [0.5, 0.6) is 0 Å². The van der Waals surface area contributed by atoms with E-state index in [4.69, 9.17) is 9.73 Å². The summed E-state index contributed by atoms with van der Waals surface area (Å²) in [5.41, 5.74) is 0. The van der Waals surface area contributed by atoms with E-state index in [1.807, 2.05) is 0 Å². The van der Waals surface area contributed by atoms with Crippen molar-refractivity contribution in [2.45, 2.75) is 77.7 Å². The highest BCUT2D eigenvalue weighted by Gasteiger charge is 2.17. The van der Waals surface area contributed by atoms with Crippen LogP contribution >= 0.6 is 0 Å². The normalized spacial score (nSPS) is 21.1. The van der Waals surface area contributed by atoms with Gasteiger partial charge in [-0.3, -0.25) is 4.99 Å². The first kappa shape index (κ1) is 21.5. The summed E-state index contributed by atoms with van der Waals surface area (Å²) in [5.74, 6) is 1.84. The van der Waals surface area contributed by atoms with Gasteiger partial charge in [-0.05, 0) is 71.0 Å². The number of hydrogen-bond donors (Lipinski definition) is 2. The van der Waals surface area contributed by atoms with Crippen molar-refractivity contribution in [1.82, 2.24) is 15.5 Å². The Bertz CT molecular complexity index is 374. The van der Waals surface area contributed by atoms with Gasteiger partial charge in [-0.25, -0.2) is 0 Å². The van der Waals surface area contributed by atoms with Crippen LogP contribution in [0, 0.1) is 5.92 Å². The molecule has 0 aromatic carbocycles. The van der Waals surface area contributed by atoms with Gasteiger partial charge in [0.15, 0.2) is 5.96 Å². The topological polar surface area (TPSA) is 48.9 Å². The first-order valence-electron chi connectivity index (χ1n) is 11.2. The maximum Gasteiger partial charge on any atom is 0.191 e. The Morgan fingerprint density at radius 3 is 2.50 bits per heavy atom. The molecular weight excluding hydrogens is 324 g/mol. The van der Waals surface area contributed by atoms with Crippen LogP contribution in [0.2, 0.25) is 0 Å². The maximum atomic E-state index is 5.99. The van der Waals surface area contributed by atoms with E-state index in [2.05, 4.69) is 29.4 Å². The molecule has 2 N–H and O–H groups in total. The van der Waals surface area contributed by atoms with Crippen molar-refractivity contribution in [2.75, 3.05) is 45.9 Å². The van der Waals surface area contributed by atoms with Gasteiger partial charge in [-0.15, -0.1) is 0 Å². The van der Waals surface area contributed by atoms with Gasteiger partial charge < -0.3 is 20.3 Å². The van der Waals surface area contributed by atoms with Crippen LogP contribution in [0.1, 0.15) is 71.6 Å². The molecule has 152 valence electrons. The second kappa shape index (κ2) is 13.4. The number of ether oxygens (including phenoxy) is 1. The molecule has 2 aliphatic rings. The number of rotatable bonds is 10. The lowest BCUT2D eigenvalue weighted by atomic mass is 9.93. The Labute approximate surface area is 161 Å².